The summed E-state index contributed by atoms with van der Waals surface area (Å²) in [5, 5.41) is 36.6. The molecule has 0 amide bonds. The van der Waals surface area contributed by atoms with Crippen LogP contribution in [0.4, 0.5) is 23.0 Å². The molecule has 1 aromatic heterocycles. The fourth-order valence-electron chi connectivity index (χ4n) is 3.09. The molecule has 0 fully saturated rings. The zero-order valence-electron chi connectivity index (χ0n) is 22.4. The SMILES string of the molecule is O=S(=O)([O-])O.[CH2-]CS(=O)(=O)c1ccc(N=Nc2c(SOO[O-])cc3ccc(Nc4nc(Cl)nc(Cl)n4)cc3c2O)cc1.[Na+].[Na+]. The van der Waals surface area contributed by atoms with Gasteiger partial charge in [0.1, 0.15) is 5.69 Å². The van der Waals surface area contributed by atoms with E-state index in [9.17, 15) is 18.8 Å². The quantitative estimate of drug-likeness (QED) is 0.0248. The number of anilines is 2. The molecule has 16 nitrogen and oxygen atoms in total. The maximum Gasteiger partial charge on any atom is 1.00 e. The smallest absolute Gasteiger partial charge is 0.726 e. The number of nitrogens with one attached hydrogen (secondary N) is 1. The third-order valence-electron chi connectivity index (χ3n) is 4.77. The van der Waals surface area contributed by atoms with E-state index in [-0.39, 0.29) is 103 Å². The van der Waals surface area contributed by atoms with Crippen LogP contribution in [0.1, 0.15) is 0 Å². The number of fused-ring (bicyclic) bond motifs is 1. The van der Waals surface area contributed by atoms with Crippen LogP contribution in [0.25, 0.3) is 10.8 Å². The van der Waals surface area contributed by atoms with Crippen molar-refractivity contribution < 1.29 is 105 Å². The Kier molecular flexibility index (Phi) is 16.9. The van der Waals surface area contributed by atoms with Crippen molar-refractivity contribution in [2.75, 3.05) is 11.1 Å². The first-order valence-electron chi connectivity index (χ1n) is 10.7. The van der Waals surface area contributed by atoms with Crippen molar-refractivity contribution in [3.63, 3.8) is 0 Å². The van der Waals surface area contributed by atoms with Gasteiger partial charge in [-0.3, -0.25) is 9.59 Å². The van der Waals surface area contributed by atoms with E-state index in [1.165, 1.54) is 24.3 Å². The second kappa shape index (κ2) is 18.2. The molecule has 224 valence electrons. The Labute approximate surface area is 308 Å². The van der Waals surface area contributed by atoms with Gasteiger partial charge in [-0.05, 0) is 71.1 Å². The maximum atomic E-state index is 11.9. The number of phenolic OH excluding ortho intramolecular Hbond substituents is 1. The van der Waals surface area contributed by atoms with E-state index < -0.39 is 20.2 Å². The molecule has 44 heavy (non-hydrogen) atoms. The van der Waals surface area contributed by atoms with Gasteiger partial charge in [0.15, 0.2) is 15.6 Å². The Hall–Kier alpha value is -1.24. The fourth-order valence-corrected chi connectivity index (χ4v) is 4.73. The van der Waals surface area contributed by atoms with Gasteiger partial charge < -0.3 is 27.2 Å². The Morgan fingerprint density at radius 2 is 1.57 bits per heavy atom. The molecule has 23 heteroatoms. The molecule has 0 unspecified atom stereocenters. The van der Waals surface area contributed by atoms with Crippen molar-refractivity contribution in [1.82, 2.24) is 15.0 Å². The molecule has 0 atom stereocenters. The molecule has 0 aliphatic carbocycles. The van der Waals surface area contributed by atoms with E-state index in [0.717, 1.165) is 0 Å². The predicted molar refractivity (Wildman–Crippen MR) is 147 cm³/mol. The van der Waals surface area contributed by atoms with Gasteiger partial charge >= 0.3 is 59.1 Å². The number of rotatable bonds is 9. The van der Waals surface area contributed by atoms with Gasteiger partial charge in [0, 0.05) is 11.1 Å². The van der Waals surface area contributed by atoms with Gasteiger partial charge in [0.2, 0.25) is 26.9 Å². The molecule has 3 N–H and O–H groups in total. The number of azo groups is 1. The molecule has 0 radical (unpaired) electrons. The summed E-state index contributed by atoms with van der Waals surface area (Å²) in [7, 11) is -8.40. The van der Waals surface area contributed by atoms with Gasteiger partial charge in [-0.15, -0.1) is 5.11 Å². The molecule has 0 bridgehead atoms. The van der Waals surface area contributed by atoms with E-state index in [1.807, 2.05) is 0 Å². The molecular weight excluding hydrogens is 709 g/mol. The predicted octanol–water partition coefficient (Wildman–Crippen LogP) is -1.95. The first kappa shape index (κ1) is 40.8. The van der Waals surface area contributed by atoms with Crippen molar-refractivity contribution in [1.29, 1.82) is 0 Å². The van der Waals surface area contributed by atoms with E-state index >= 15 is 0 Å². The van der Waals surface area contributed by atoms with Crippen LogP contribution in [0, 0.1) is 6.92 Å². The van der Waals surface area contributed by atoms with Crippen LogP contribution in [0.3, 0.4) is 0 Å². The Morgan fingerprint density at radius 3 is 2.11 bits per heavy atom. The molecule has 0 spiro atoms. The Balaban J connectivity index is 0.00000128. The Morgan fingerprint density at radius 1 is 0.977 bits per heavy atom. The molecule has 4 rings (SSSR count). The normalized spacial score (nSPS) is 11.3. The summed E-state index contributed by atoms with van der Waals surface area (Å²) < 4.78 is 61.2. The minimum atomic E-state index is -4.92. The molecule has 4 aromatic rings. The van der Waals surface area contributed by atoms with Gasteiger partial charge in [-0.1, -0.05) is 11.8 Å². The first-order chi connectivity index (χ1) is 19.7. The minimum absolute atomic E-state index is 0. The summed E-state index contributed by atoms with van der Waals surface area (Å²) in [5.74, 6) is -0.489. The third-order valence-corrected chi connectivity index (χ3v) is 7.25. The molecule has 0 saturated carbocycles. The summed E-state index contributed by atoms with van der Waals surface area (Å²) in [6.07, 6.45) is 0. The number of aromatic hydroxyl groups is 1. The molecule has 0 aliphatic heterocycles. The van der Waals surface area contributed by atoms with Gasteiger partial charge in [0.05, 0.1) is 27.5 Å². The van der Waals surface area contributed by atoms with Crippen LogP contribution in [-0.4, -0.2) is 51.8 Å². The van der Waals surface area contributed by atoms with Crippen LogP contribution in [0.2, 0.25) is 10.6 Å². The molecular formula is C21H15Cl2N6Na2O10S3-. The van der Waals surface area contributed by atoms with Crippen molar-refractivity contribution in [3.05, 3.63) is 66.0 Å². The fraction of sp³-hybridized carbons (Fsp3) is 0.0476. The summed E-state index contributed by atoms with van der Waals surface area (Å²) in [6.45, 7) is 3.41. The average Bonchev–Trinajstić information content (AvgIpc) is 2.90. The number of aromatic nitrogens is 3. The zero-order valence-corrected chi connectivity index (χ0v) is 30.4. The van der Waals surface area contributed by atoms with Gasteiger partial charge in [-0.25, -0.2) is 16.8 Å². The monoisotopic (exact) mass is 723 g/mol. The van der Waals surface area contributed by atoms with Crippen LogP contribution in [0.15, 0.2) is 68.6 Å². The second-order valence-corrected chi connectivity index (χ2v) is 11.9. The van der Waals surface area contributed by atoms with Crippen molar-refractivity contribution in [2.45, 2.75) is 9.79 Å². The second-order valence-electron chi connectivity index (χ2n) is 7.49. The number of hydrogen-bond donors (Lipinski definition) is 3. The summed E-state index contributed by atoms with van der Waals surface area (Å²) in [4.78, 5) is 11.9. The number of sulfone groups is 1. The van der Waals surface area contributed by atoms with Gasteiger partial charge in [0.25, 0.3) is 0 Å². The van der Waals surface area contributed by atoms with Crippen molar-refractivity contribution in [3.8, 4) is 5.75 Å². The van der Waals surface area contributed by atoms with Crippen LogP contribution < -0.4 is 69.7 Å². The number of halogens is 2. The van der Waals surface area contributed by atoms with Gasteiger partial charge in [-0.2, -0.15) is 24.4 Å². The topological polar surface area (TPSA) is 249 Å². The molecule has 3 aromatic carbocycles. The Bertz CT molecular complexity index is 1810. The van der Waals surface area contributed by atoms with Crippen LogP contribution >= 0.6 is 35.2 Å². The maximum absolute atomic E-state index is 11.9. The minimum Gasteiger partial charge on any atom is -0.726 e. The van der Waals surface area contributed by atoms with E-state index in [2.05, 4.69) is 46.8 Å². The number of hydrogen-bond acceptors (Lipinski definition) is 16. The molecule has 0 aliphatic rings. The van der Waals surface area contributed by atoms with Crippen LogP contribution in [0.5, 0.6) is 5.75 Å². The largest absolute Gasteiger partial charge is 1.00 e. The van der Waals surface area contributed by atoms with E-state index in [1.54, 1.807) is 24.3 Å². The standard InChI is InChI=1S/C21H15Cl2N6O6S2.2Na.H2O4S/c1-2-37(32,33)14-7-5-12(6-8-14)28-29-17-16(36-35-34-31)9-11-3-4-13(10-15(11)18(17)30)24-21-26-19(22)25-20(23)27-21;;;1-5(2,3)4/h3-10,30-31H,1-2H2,(H,24,25,26,27);;;(H2,1,2,3,4)/q-1;2*+1;/p-2. The number of phenols is 1. The summed E-state index contributed by atoms with van der Waals surface area (Å²) in [6, 6.07) is 12.2. The van der Waals surface area contributed by atoms with Crippen LogP contribution in [-0.2, 0) is 29.6 Å². The number of benzene rings is 3. The molecule has 0 saturated heterocycles. The zero-order chi connectivity index (χ0) is 31.1. The molecule has 1 heterocycles. The third kappa shape index (κ3) is 12.5. The summed E-state index contributed by atoms with van der Waals surface area (Å²) in [5.41, 5.74) is 0.747. The van der Waals surface area contributed by atoms with Crippen molar-refractivity contribution >= 4 is 89.3 Å². The van der Waals surface area contributed by atoms with E-state index in [4.69, 9.17) is 40.7 Å². The summed E-state index contributed by atoms with van der Waals surface area (Å²) >= 11 is 12.1. The van der Waals surface area contributed by atoms with E-state index in [0.29, 0.717) is 34.2 Å². The van der Waals surface area contributed by atoms with Crippen molar-refractivity contribution in [2.24, 2.45) is 10.2 Å². The first-order valence-corrected chi connectivity index (χ1v) is 15.2. The number of nitrogens with zero attached hydrogens (tertiary/aromatic N) is 5. The average molecular weight is 724 g/mol.